The second kappa shape index (κ2) is 9.66. The van der Waals surface area contributed by atoms with Crippen LogP contribution in [-0.4, -0.2) is 58.2 Å². The molecule has 6 nitrogen and oxygen atoms in total. The van der Waals surface area contributed by atoms with E-state index in [1.165, 1.54) is 34.5 Å². The molecule has 0 atom stereocenters. The number of nitrogens with zero attached hydrogens (tertiary/aromatic N) is 4. The zero-order valence-electron chi connectivity index (χ0n) is 17.3. The van der Waals surface area contributed by atoms with E-state index in [0.29, 0.717) is 13.1 Å². The molecule has 0 bridgehead atoms. The third-order valence-corrected chi connectivity index (χ3v) is 5.55. The minimum absolute atomic E-state index is 0.171. The van der Waals surface area contributed by atoms with E-state index in [-0.39, 0.29) is 29.5 Å². The molecule has 1 aliphatic rings. The van der Waals surface area contributed by atoms with Gasteiger partial charge in [-0.1, -0.05) is 42.5 Å². The highest BCUT2D eigenvalue weighted by Crippen LogP contribution is 2.09. The Kier molecular flexibility index (Phi) is 6.52. The number of rotatable bonds is 6. The largest absolute Gasteiger partial charge is 0.335 e. The number of amides is 1. The molecule has 0 N–H and O–H groups in total. The number of piperazine rings is 1. The van der Waals surface area contributed by atoms with Crippen LogP contribution in [0.2, 0.25) is 0 Å². The zero-order chi connectivity index (χ0) is 21.6. The fourth-order valence-electron chi connectivity index (χ4n) is 3.71. The molecule has 1 fully saturated rings. The van der Waals surface area contributed by atoms with Gasteiger partial charge in [0.05, 0.1) is 6.54 Å². The second-order valence-corrected chi connectivity index (χ2v) is 7.71. The quantitative estimate of drug-likeness (QED) is 0.615. The Morgan fingerprint density at radius 1 is 0.871 bits per heavy atom. The summed E-state index contributed by atoms with van der Waals surface area (Å²) in [5, 5.41) is 4.27. The molecule has 0 unspecified atom stereocenters. The number of benzene rings is 2. The van der Waals surface area contributed by atoms with E-state index in [0.717, 1.165) is 31.6 Å². The molecule has 0 aliphatic carbocycles. The van der Waals surface area contributed by atoms with Crippen molar-refractivity contribution in [1.82, 2.24) is 19.6 Å². The van der Waals surface area contributed by atoms with Crippen LogP contribution in [0.15, 0.2) is 71.5 Å². The van der Waals surface area contributed by atoms with Gasteiger partial charge in [-0.3, -0.25) is 14.5 Å². The molecule has 31 heavy (non-hydrogen) atoms. The minimum atomic E-state index is -0.337. The van der Waals surface area contributed by atoms with E-state index < -0.39 is 0 Å². The van der Waals surface area contributed by atoms with Crippen LogP contribution in [-0.2, 0) is 13.0 Å². The van der Waals surface area contributed by atoms with Crippen molar-refractivity contribution in [2.45, 2.75) is 13.0 Å². The van der Waals surface area contributed by atoms with Crippen LogP contribution in [0.25, 0.3) is 0 Å². The van der Waals surface area contributed by atoms with Crippen LogP contribution in [0.4, 0.5) is 4.39 Å². The number of carbonyl (C=O) groups excluding carboxylic acids is 1. The van der Waals surface area contributed by atoms with Crippen molar-refractivity contribution >= 4 is 5.91 Å². The predicted molar refractivity (Wildman–Crippen MR) is 116 cm³/mol. The van der Waals surface area contributed by atoms with E-state index in [1.54, 1.807) is 17.0 Å². The summed E-state index contributed by atoms with van der Waals surface area (Å²) in [5.74, 6) is -0.508. The molecular formula is C24H25FN4O2. The molecule has 2 heterocycles. The average Bonchev–Trinajstić information content (AvgIpc) is 2.81. The maximum atomic E-state index is 13.1. The summed E-state index contributed by atoms with van der Waals surface area (Å²) in [6, 6.07) is 19.1. The summed E-state index contributed by atoms with van der Waals surface area (Å²) in [6.07, 6.45) is 0.991. The number of hydrogen-bond donors (Lipinski definition) is 0. The van der Waals surface area contributed by atoms with Crippen molar-refractivity contribution in [2.75, 3.05) is 32.7 Å². The first-order chi connectivity index (χ1) is 15.1. The van der Waals surface area contributed by atoms with Crippen LogP contribution >= 0.6 is 0 Å². The number of halogens is 1. The van der Waals surface area contributed by atoms with Crippen LogP contribution in [0.3, 0.4) is 0 Å². The summed E-state index contributed by atoms with van der Waals surface area (Å²) < 4.78 is 14.4. The maximum Gasteiger partial charge on any atom is 0.274 e. The van der Waals surface area contributed by atoms with E-state index in [2.05, 4.69) is 34.3 Å². The molecule has 160 valence electrons. The van der Waals surface area contributed by atoms with Gasteiger partial charge in [-0.05, 0) is 35.7 Å². The van der Waals surface area contributed by atoms with E-state index in [4.69, 9.17) is 0 Å². The van der Waals surface area contributed by atoms with Crippen molar-refractivity contribution in [3.63, 3.8) is 0 Å². The molecule has 1 aromatic heterocycles. The van der Waals surface area contributed by atoms with Crippen molar-refractivity contribution in [3.05, 3.63) is 99.7 Å². The predicted octanol–water partition coefficient (Wildman–Crippen LogP) is 2.43. The van der Waals surface area contributed by atoms with Crippen molar-refractivity contribution < 1.29 is 9.18 Å². The van der Waals surface area contributed by atoms with Gasteiger partial charge in [-0.2, -0.15) is 5.10 Å². The zero-order valence-corrected chi connectivity index (χ0v) is 17.3. The summed E-state index contributed by atoms with van der Waals surface area (Å²) in [4.78, 5) is 29.2. The van der Waals surface area contributed by atoms with Gasteiger partial charge in [-0.25, -0.2) is 9.07 Å². The third kappa shape index (κ3) is 5.44. The topological polar surface area (TPSA) is 58.4 Å². The lowest BCUT2D eigenvalue weighted by Gasteiger charge is -2.34. The molecule has 0 radical (unpaired) electrons. The first kappa shape index (κ1) is 20.9. The molecule has 4 rings (SSSR count). The molecule has 7 heteroatoms. The number of carbonyl (C=O) groups is 1. The monoisotopic (exact) mass is 420 g/mol. The minimum Gasteiger partial charge on any atom is -0.335 e. The molecule has 0 saturated carbocycles. The first-order valence-corrected chi connectivity index (χ1v) is 10.5. The molecule has 1 saturated heterocycles. The Bertz CT molecular complexity index is 1070. The van der Waals surface area contributed by atoms with E-state index in [9.17, 15) is 14.0 Å². The third-order valence-electron chi connectivity index (χ3n) is 5.55. The first-order valence-electron chi connectivity index (χ1n) is 10.5. The standard InChI is InChI=1S/C24H25FN4O2/c25-21-8-6-20(7-9-21)18-29-23(30)11-10-22(26-29)24(31)28-16-14-27(15-17-28)13-12-19-4-2-1-3-5-19/h1-11H,12-18H2. The maximum absolute atomic E-state index is 13.1. The van der Waals surface area contributed by atoms with Gasteiger partial charge in [0.15, 0.2) is 0 Å². The van der Waals surface area contributed by atoms with Crippen LogP contribution in [0.1, 0.15) is 21.6 Å². The summed E-state index contributed by atoms with van der Waals surface area (Å²) in [7, 11) is 0. The lowest BCUT2D eigenvalue weighted by Crippen LogP contribution is -2.49. The van der Waals surface area contributed by atoms with Crippen LogP contribution < -0.4 is 5.56 Å². The van der Waals surface area contributed by atoms with Gasteiger partial charge in [0, 0.05) is 38.8 Å². The Labute approximate surface area is 180 Å². The average molecular weight is 420 g/mol. The fraction of sp³-hybridized carbons (Fsp3) is 0.292. The lowest BCUT2D eigenvalue weighted by molar-refractivity contribution is 0.0630. The molecule has 3 aromatic rings. The Morgan fingerprint density at radius 3 is 2.29 bits per heavy atom. The SMILES string of the molecule is O=C(c1ccc(=O)n(Cc2ccc(F)cc2)n1)N1CCN(CCc2ccccc2)CC1. The highest BCUT2D eigenvalue weighted by Gasteiger charge is 2.23. The molecular weight excluding hydrogens is 395 g/mol. The van der Waals surface area contributed by atoms with Crippen LogP contribution in [0, 0.1) is 5.82 Å². The molecule has 1 amide bonds. The highest BCUT2D eigenvalue weighted by molar-refractivity contribution is 5.92. The highest BCUT2D eigenvalue weighted by atomic mass is 19.1. The smallest absolute Gasteiger partial charge is 0.274 e. The lowest BCUT2D eigenvalue weighted by atomic mass is 10.1. The number of hydrogen-bond acceptors (Lipinski definition) is 4. The normalized spacial score (nSPS) is 14.5. The second-order valence-electron chi connectivity index (χ2n) is 7.71. The van der Waals surface area contributed by atoms with Gasteiger partial charge in [0.2, 0.25) is 0 Å². The Balaban J connectivity index is 1.35. The van der Waals surface area contributed by atoms with Gasteiger partial charge < -0.3 is 4.90 Å². The van der Waals surface area contributed by atoms with Crippen molar-refractivity contribution in [2.24, 2.45) is 0 Å². The van der Waals surface area contributed by atoms with Gasteiger partial charge in [0.1, 0.15) is 11.5 Å². The van der Waals surface area contributed by atoms with E-state index >= 15 is 0 Å². The number of aromatic nitrogens is 2. The van der Waals surface area contributed by atoms with Crippen molar-refractivity contribution in [3.8, 4) is 0 Å². The van der Waals surface area contributed by atoms with Gasteiger partial charge in [-0.15, -0.1) is 0 Å². The Morgan fingerprint density at radius 2 is 1.58 bits per heavy atom. The van der Waals surface area contributed by atoms with Gasteiger partial charge in [0.25, 0.3) is 11.5 Å². The summed E-state index contributed by atoms with van der Waals surface area (Å²) in [6.45, 7) is 4.04. The molecule has 0 spiro atoms. The fourth-order valence-corrected chi connectivity index (χ4v) is 3.71. The summed E-state index contributed by atoms with van der Waals surface area (Å²) in [5.41, 5.74) is 2.01. The van der Waals surface area contributed by atoms with Gasteiger partial charge >= 0.3 is 0 Å². The molecule has 1 aliphatic heterocycles. The summed E-state index contributed by atoms with van der Waals surface area (Å²) >= 11 is 0. The Hall–Kier alpha value is -3.32. The van der Waals surface area contributed by atoms with E-state index in [1.807, 2.05) is 6.07 Å². The van der Waals surface area contributed by atoms with Crippen LogP contribution in [0.5, 0.6) is 0 Å². The van der Waals surface area contributed by atoms with Crippen molar-refractivity contribution in [1.29, 1.82) is 0 Å². The molecule has 2 aromatic carbocycles.